The molecule has 7 heteroatoms. The van der Waals surface area contributed by atoms with Gasteiger partial charge in [0.15, 0.2) is 5.96 Å². The highest BCUT2D eigenvalue weighted by molar-refractivity contribution is 7.10. The van der Waals surface area contributed by atoms with Crippen molar-refractivity contribution in [2.45, 2.75) is 52.6 Å². The van der Waals surface area contributed by atoms with Crippen LogP contribution in [-0.2, 0) is 0 Å². The van der Waals surface area contributed by atoms with Gasteiger partial charge in [0, 0.05) is 50.2 Å². The molecule has 3 rings (SSSR count). The summed E-state index contributed by atoms with van der Waals surface area (Å²) in [6.07, 6.45) is 2.61. The van der Waals surface area contributed by atoms with Gasteiger partial charge in [0.1, 0.15) is 0 Å². The number of piperazine rings is 1. The Bertz CT molecular complexity index is 633. The van der Waals surface area contributed by atoms with Crippen LogP contribution in [0.5, 0.6) is 0 Å². The first-order valence-electron chi connectivity index (χ1n) is 12.4. The van der Waals surface area contributed by atoms with Crippen LogP contribution in [0.25, 0.3) is 0 Å². The Morgan fingerprint density at radius 1 is 1.10 bits per heavy atom. The Morgan fingerprint density at radius 3 is 2.45 bits per heavy atom. The molecule has 2 aliphatic rings. The number of hydrogen-bond donors (Lipinski definition) is 2. The number of likely N-dealkylation sites (tertiary alicyclic amines) is 1. The van der Waals surface area contributed by atoms with Gasteiger partial charge in [-0.05, 0) is 63.7 Å². The standard InChI is InChI=1S/C24H44N6S/c1-5-25-24(26-18-21(4)29-15-13-28(6-2)14-16-29)27-19-22(23-8-7-17-31-23)30-11-9-20(3)10-12-30/h7-8,17,20-22H,5-6,9-16,18-19H2,1-4H3,(H2,25,26,27). The van der Waals surface area contributed by atoms with Gasteiger partial charge >= 0.3 is 0 Å². The summed E-state index contributed by atoms with van der Waals surface area (Å²) < 4.78 is 0. The lowest BCUT2D eigenvalue weighted by Crippen LogP contribution is -2.50. The molecule has 2 atom stereocenters. The van der Waals surface area contributed by atoms with E-state index in [2.05, 4.69) is 70.5 Å². The molecule has 0 aliphatic carbocycles. The fourth-order valence-corrected chi connectivity index (χ4v) is 5.49. The lowest BCUT2D eigenvalue weighted by Gasteiger charge is -2.37. The van der Waals surface area contributed by atoms with Crippen molar-refractivity contribution in [1.29, 1.82) is 0 Å². The fraction of sp³-hybridized carbons (Fsp3) is 0.792. The van der Waals surface area contributed by atoms with E-state index >= 15 is 0 Å². The van der Waals surface area contributed by atoms with Crippen LogP contribution in [0.3, 0.4) is 0 Å². The maximum absolute atomic E-state index is 4.96. The minimum absolute atomic E-state index is 0.427. The average Bonchev–Trinajstić information content (AvgIpc) is 3.33. The number of nitrogens with one attached hydrogen (secondary N) is 2. The van der Waals surface area contributed by atoms with Crippen LogP contribution in [0.1, 0.15) is 51.5 Å². The molecular formula is C24H44N6S. The van der Waals surface area contributed by atoms with E-state index in [0.29, 0.717) is 12.1 Å². The van der Waals surface area contributed by atoms with Gasteiger partial charge in [-0.15, -0.1) is 11.3 Å². The summed E-state index contributed by atoms with van der Waals surface area (Å²) in [6, 6.07) is 5.37. The van der Waals surface area contributed by atoms with E-state index in [9.17, 15) is 0 Å². The van der Waals surface area contributed by atoms with Crippen LogP contribution < -0.4 is 10.6 Å². The third kappa shape index (κ3) is 7.45. The molecule has 6 nitrogen and oxygen atoms in total. The molecule has 0 amide bonds. The molecule has 2 saturated heterocycles. The van der Waals surface area contributed by atoms with Crippen molar-refractivity contribution in [3.8, 4) is 0 Å². The van der Waals surface area contributed by atoms with E-state index in [4.69, 9.17) is 4.99 Å². The third-order valence-corrected chi connectivity index (χ3v) is 7.90. The van der Waals surface area contributed by atoms with Crippen LogP contribution in [0.2, 0.25) is 0 Å². The Kier molecular flexibility index (Phi) is 10.1. The first-order chi connectivity index (χ1) is 15.1. The predicted octanol–water partition coefficient (Wildman–Crippen LogP) is 3.10. The minimum Gasteiger partial charge on any atom is -0.357 e. The van der Waals surface area contributed by atoms with E-state index in [0.717, 1.165) is 51.1 Å². The van der Waals surface area contributed by atoms with Gasteiger partial charge in [-0.25, -0.2) is 0 Å². The molecule has 0 radical (unpaired) electrons. The number of nitrogens with zero attached hydrogens (tertiary/aromatic N) is 4. The van der Waals surface area contributed by atoms with Gasteiger partial charge in [0.25, 0.3) is 0 Å². The Morgan fingerprint density at radius 2 is 1.84 bits per heavy atom. The minimum atomic E-state index is 0.427. The second kappa shape index (κ2) is 12.8. The summed E-state index contributed by atoms with van der Waals surface area (Å²) in [7, 11) is 0. The van der Waals surface area contributed by atoms with Crippen molar-refractivity contribution in [2.24, 2.45) is 10.9 Å². The maximum atomic E-state index is 4.96. The summed E-state index contributed by atoms with van der Waals surface area (Å²) in [5.74, 6) is 1.81. The van der Waals surface area contributed by atoms with Crippen molar-refractivity contribution >= 4 is 17.3 Å². The number of aliphatic imine (C=N–C) groups is 1. The highest BCUT2D eigenvalue weighted by Gasteiger charge is 2.25. The van der Waals surface area contributed by atoms with Gasteiger partial charge < -0.3 is 15.5 Å². The summed E-state index contributed by atoms with van der Waals surface area (Å²) >= 11 is 1.88. The van der Waals surface area contributed by atoms with Crippen LogP contribution in [0.4, 0.5) is 0 Å². The van der Waals surface area contributed by atoms with E-state index in [1.807, 2.05) is 11.3 Å². The molecule has 0 saturated carbocycles. The number of hydrogen-bond acceptors (Lipinski definition) is 5. The third-order valence-electron chi connectivity index (χ3n) is 6.93. The number of thiophene rings is 1. The van der Waals surface area contributed by atoms with Crippen molar-refractivity contribution in [1.82, 2.24) is 25.3 Å². The summed E-state index contributed by atoms with van der Waals surface area (Å²) in [6.45, 7) is 20.0. The molecule has 3 heterocycles. The summed E-state index contributed by atoms with van der Waals surface area (Å²) in [4.78, 5) is 14.2. The molecule has 1 aromatic rings. The molecule has 31 heavy (non-hydrogen) atoms. The van der Waals surface area contributed by atoms with Crippen molar-refractivity contribution < 1.29 is 0 Å². The van der Waals surface area contributed by atoms with Gasteiger partial charge in [-0.1, -0.05) is 19.9 Å². The zero-order valence-electron chi connectivity index (χ0n) is 20.1. The molecule has 2 fully saturated rings. The maximum Gasteiger partial charge on any atom is 0.191 e. The number of piperidine rings is 1. The molecule has 0 aromatic carbocycles. The van der Waals surface area contributed by atoms with Crippen molar-refractivity contribution in [2.75, 3.05) is 65.4 Å². The van der Waals surface area contributed by atoms with Crippen LogP contribution in [-0.4, -0.2) is 92.1 Å². The first-order valence-corrected chi connectivity index (χ1v) is 13.2. The quantitative estimate of drug-likeness (QED) is 0.449. The second-order valence-corrected chi connectivity index (χ2v) is 10.1. The lowest BCUT2D eigenvalue weighted by molar-refractivity contribution is 0.109. The second-order valence-electron chi connectivity index (χ2n) is 9.17. The summed E-state index contributed by atoms with van der Waals surface area (Å²) in [5, 5.41) is 9.34. The molecule has 2 N–H and O–H groups in total. The van der Waals surface area contributed by atoms with E-state index in [-0.39, 0.29) is 0 Å². The van der Waals surface area contributed by atoms with E-state index in [1.165, 1.54) is 43.9 Å². The van der Waals surface area contributed by atoms with Gasteiger partial charge in [-0.3, -0.25) is 14.8 Å². The summed E-state index contributed by atoms with van der Waals surface area (Å²) in [5.41, 5.74) is 0. The topological polar surface area (TPSA) is 46.1 Å². The average molecular weight is 449 g/mol. The zero-order chi connectivity index (χ0) is 22.1. The smallest absolute Gasteiger partial charge is 0.191 e. The Balaban J connectivity index is 1.56. The van der Waals surface area contributed by atoms with Crippen LogP contribution >= 0.6 is 11.3 Å². The monoisotopic (exact) mass is 448 g/mol. The molecule has 0 spiro atoms. The Labute approximate surface area is 194 Å². The zero-order valence-corrected chi connectivity index (χ0v) is 21.0. The van der Waals surface area contributed by atoms with Crippen molar-refractivity contribution in [3.63, 3.8) is 0 Å². The fourth-order valence-electron chi connectivity index (χ4n) is 4.63. The molecular weight excluding hydrogens is 404 g/mol. The van der Waals surface area contributed by atoms with E-state index < -0.39 is 0 Å². The van der Waals surface area contributed by atoms with Gasteiger partial charge in [0.05, 0.1) is 12.6 Å². The molecule has 2 aliphatic heterocycles. The Hall–Kier alpha value is -1.15. The molecule has 176 valence electrons. The van der Waals surface area contributed by atoms with Crippen LogP contribution in [0, 0.1) is 5.92 Å². The normalized spacial score (nSPS) is 22.4. The molecule has 0 bridgehead atoms. The van der Waals surface area contributed by atoms with Crippen LogP contribution in [0.15, 0.2) is 22.5 Å². The van der Waals surface area contributed by atoms with Gasteiger partial charge in [-0.2, -0.15) is 0 Å². The van der Waals surface area contributed by atoms with Gasteiger partial charge in [0.2, 0.25) is 0 Å². The van der Waals surface area contributed by atoms with Crippen molar-refractivity contribution in [3.05, 3.63) is 22.4 Å². The number of guanidine groups is 1. The number of rotatable bonds is 9. The largest absolute Gasteiger partial charge is 0.357 e. The number of likely N-dealkylation sites (N-methyl/N-ethyl adjacent to an activating group) is 1. The highest BCUT2D eigenvalue weighted by Crippen LogP contribution is 2.29. The highest BCUT2D eigenvalue weighted by atomic mass is 32.1. The predicted molar refractivity (Wildman–Crippen MR) is 134 cm³/mol. The SMILES string of the molecule is CCNC(=NCC(C)N1CCN(CC)CC1)NCC(c1cccs1)N1CCC(C)CC1. The lowest BCUT2D eigenvalue weighted by atomic mass is 9.97. The first kappa shape index (κ1) is 24.5. The molecule has 1 aromatic heterocycles. The molecule has 2 unspecified atom stereocenters. The van der Waals surface area contributed by atoms with E-state index in [1.54, 1.807) is 0 Å².